The topological polar surface area (TPSA) is 64.1 Å². The molecule has 116 valence electrons. The number of nitrogens with one attached hydrogen (secondary N) is 1. The molecule has 2 rings (SSSR count). The third-order valence-electron chi connectivity index (χ3n) is 2.62. The molecule has 0 unspecified atom stereocenters. The molecule has 5 nitrogen and oxygen atoms in total. The Morgan fingerprint density at radius 3 is 2.86 bits per heavy atom. The summed E-state index contributed by atoms with van der Waals surface area (Å²) < 4.78 is 5.58. The second-order valence-electron chi connectivity index (χ2n) is 4.92. The first-order valence-electron chi connectivity index (χ1n) is 7.03. The van der Waals surface area contributed by atoms with Gasteiger partial charge in [0.05, 0.1) is 11.9 Å². The van der Waals surface area contributed by atoms with Crippen LogP contribution in [0.5, 0.6) is 5.88 Å². The number of carbonyl (C=O) groups is 1. The molecule has 0 radical (unpaired) electrons. The number of aromatic nitrogens is 2. The maximum atomic E-state index is 12.0. The summed E-state index contributed by atoms with van der Waals surface area (Å²) in [5.74, 6) is 1.49. The Bertz CT molecular complexity index is 605. The zero-order valence-electron chi connectivity index (χ0n) is 12.7. The molecule has 0 aromatic carbocycles. The van der Waals surface area contributed by atoms with Gasteiger partial charge in [-0.2, -0.15) is 0 Å². The molecular weight excluding hydrogens is 298 g/mol. The highest BCUT2D eigenvalue weighted by Gasteiger charge is 2.10. The molecule has 22 heavy (non-hydrogen) atoms. The third kappa shape index (κ3) is 5.37. The molecule has 1 amide bonds. The van der Waals surface area contributed by atoms with Gasteiger partial charge < -0.3 is 10.1 Å². The fourth-order valence-electron chi connectivity index (χ4n) is 1.73. The van der Waals surface area contributed by atoms with Crippen LogP contribution in [-0.4, -0.2) is 27.7 Å². The number of rotatable bonds is 7. The van der Waals surface area contributed by atoms with E-state index in [-0.39, 0.29) is 12.0 Å². The van der Waals surface area contributed by atoms with Crippen LogP contribution in [0.15, 0.2) is 42.9 Å². The lowest BCUT2D eigenvalue weighted by Crippen LogP contribution is -2.16. The summed E-state index contributed by atoms with van der Waals surface area (Å²) in [6.45, 7) is 3.84. The molecular formula is C16H19N3O2S. The van der Waals surface area contributed by atoms with Crippen molar-refractivity contribution in [1.82, 2.24) is 9.97 Å². The molecule has 0 saturated heterocycles. The van der Waals surface area contributed by atoms with Gasteiger partial charge in [0, 0.05) is 24.3 Å². The summed E-state index contributed by atoms with van der Waals surface area (Å²) in [6, 6.07) is 7.44. The zero-order valence-corrected chi connectivity index (χ0v) is 13.5. The van der Waals surface area contributed by atoms with Crippen LogP contribution in [0.1, 0.15) is 19.4 Å². The van der Waals surface area contributed by atoms with Crippen LogP contribution < -0.4 is 10.1 Å². The molecule has 0 atom stereocenters. The van der Waals surface area contributed by atoms with E-state index in [2.05, 4.69) is 15.3 Å². The summed E-state index contributed by atoms with van der Waals surface area (Å²) in [6.07, 6.45) is 5.19. The Hall–Kier alpha value is -2.08. The minimum absolute atomic E-state index is 0.00510. The van der Waals surface area contributed by atoms with Crippen LogP contribution in [0.4, 0.5) is 5.69 Å². The second-order valence-corrected chi connectivity index (χ2v) is 5.91. The normalized spacial score (nSPS) is 10.5. The summed E-state index contributed by atoms with van der Waals surface area (Å²) in [7, 11) is 0. The van der Waals surface area contributed by atoms with Crippen LogP contribution >= 0.6 is 11.8 Å². The Morgan fingerprint density at radius 2 is 2.14 bits per heavy atom. The maximum Gasteiger partial charge on any atom is 0.238 e. The summed E-state index contributed by atoms with van der Waals surface area (Å²) in [5, 5.41) is 2.84. The largest absolute Gasteiger partial charge is 0.473 e. The van der Waals surface area contributed by atoms with E-state index in [9.17, 15) is 4.79 Å². The number of thioether (sulfide) groups is 1. The lowest BCUT2D eigenvalue weighted by atomic mass is 10.3. The summed E-state index contributed by atoms with van der Waals surface area (Å²) in [4.78, 5) is 20.2. The number of nitrogens with zero attached hydrogens (tertiary/aromatic N) is 2. The van der Waals surface area contributed by atoms with E-state index < -0.39 is 0 Å². The first kappa shape index (κ1) is 16.3. The molecule has 0 fully saturated rings. The average molecular weight is 317 g/mol. The highest BCUT2D eigenvalue weighted by atomic mass is 32.2. The number of pyridine rings is 2. The number of hydrogen-bond acceptors (Lipinski definition) is 5. The van der Waals surface area contributed by atoms with Gasteiger partial charge in [0.1, 0.15) is 5.69 Å². The van der Waals surface area contributed by atoms with Crippen molar-refractivity contribution in [3.8, 4) is 5.88 Å². The lowest BCUT2D eigenvalue weighted by Gasteiger charge is -2.13. The van der Waals surface area contributed by atoms with Crippen LogP contribution in [-0.2, 0) is 10.5 Å². The predicted molar refractivity (Wildman–Crippen MR) is 89.0 cm³/mol. The van der Waals surface area contributed by atoms with E-state index >= 15 is 0 Å². The molecule has 0 spiro atoms. The number of ether oxygens (including phenoxy) is 1. The van der Waals surface area contributed by atoms with Crippen molar-refractivity contribution in [1.29, 1.82) is 0 Å². The molecule has 2 heterocycles. The first-order chi connectivity index (χ1) is 10.6. The van der Waals surface area contributed by atoms with Crippen molar-refractivity contribution >= 4 is 23.4 Å². The first-order valence-corrected chi connectivity index (χ1v) is 8.19. The van der Waals surface area contributed by atoms with E-state index in [1.54, 1.807) is 42.5 Å². The van der Waals surface area contributed by atoms with Crippen molar-refractivity contribution in [3.63, 3.8) is 0 Å². The maximum absolute atomic E-state index is 12.0. The quantitative estimate of drug-likeness (QED) is 0.850. The van der Waals surface area contributed by atoms with Crippen LogP contribution in [0.3, 0.4) is 0 Å². The van der Waals surface area contributed by atoms with E-state index in [1.807, 2.05) is 26.0 Å². The average Bonchev–Trinajstić information content (AvgIpc) is 2.50. The molecule has 0 saturated carbocycles. The minimum Gasteiger partial charge on any atom is -0.473 e. The summed E-state index contributed by atoms with van der Waals surface area (Å²) >= 11 is 1.54. The van der Waals surface area contributed by atoms with E-state index in [1.165, 1.54) is 0 Å². The van der Waals surface area contributed by atoms with Gasteiger partial charge in [-0.05, 0) is 37.6 Å². The predicted octanol–water partition coefficient (Wildman–Crippen LogP) is 3.14. The van der Waals surface area contributed by atoms with Crippen LogP contribution in [0.25, 0.3) is 0 Å². The van der Waals surface area contributed by atoms with Gasteiger partial charge in [-0.15, -0.1) is 11.8 Å². The Balaban J connectivity index is 1.84. The molecule has 0 aliphatic heterocycles. The molecule has 0 aliphatic carbocycles. The van der Waals surface area contributed by atoms with E-state index in [0.29, 0.717) is 17.3 Å². The van der Waals surface area contributed by atoms with Gasteiger partial charge in [-0.1, -0.05) is 6.07 Å². The van der Waals surface area contributed by atoms with Crippen molar-refractivity contribution in [2.75, 3.05) is 11.1 Å². The van der Waals surface area contributed by atoms with Crippen LogP contribution in [0.2, 0.25) is 0 Å². The molecule has 6 heteroatoms. The number of hydrogen-bond donors (Lipinski definition) is 1. The van der Waals surface area contributed by atoms with Crippen LogP contribution in [0, 0.1) is 0 Å². The van der Waals surface area contributed by atoms with E-state index in [0.717, 1.165) is 11.3 Å². The molecule has 2 aromatic heterocycles. The van der Waals surface area contributed by atoms with Gasteiger partial charge in [0.25, 0.3) is 0 Å². The lowest BCUT2D eigenvalue weighted by molar-refractivity contribution is -0.113. The van der Waals surface area contributed by atoms with Crippen molar-refractivity contribution in [2.24, 2.45) is 0 Å². The Morgan fingerprint density at radius 1 is 1.32 bits per heavy atom. The minimum atomic E-state index is -0.0736. The highest BCUT2D eigenvalue weighted by Crippen LogP contribution is 2.22. The van der Waals surface area contributed by atoms with Crippen molar-refractivity contribution in [3.05, 3.63) is 48.4 Å². The van der Waals surface area contributed by atoms with Gasteiger partial charge >= 0.3 is 0 Å². The standard InChI is InChI=1S/C16H19N3O2S/c1-12(2)21-16-14(6-4-8-18-16)19-15(20)11-22-10-13-5-3-7-17-9-13/h3-9,12H,10-11H2,1-2H3,(H,19,20). The van der Waals surface area contributed by atoms with Gasteiger partial charge in [-0.3, -0.25) is 9.78 Å². The zero-order chi connectivity index (χ0) is 15.8. The van der Waals surface area contributed by atoms with Gasteiger partial charge in [0.2, 0.25) is 11.8 Å². The smallest absolute Gasteiger partial charge is 0.238 e. The third-order valence-corrected chi connectivity index (χ3v) is 3.62. The highest BCUT2D eigenvalue weighted by molar-refractivity contribution is 7.99. The summed E-state index contributed by atoms with van der Waals surface area (Å²) in [5.41, 5.74) is 1.70. The molecule has 0 bridgehead atoms. The fourth-order valence-corrected chi connectivity index (χ4v) is 2.50. The number of anilines is 1. The van der Waals surface area contributed by atoms with Gasteiger partial charge in [0.15, 0.2) is 0 Å². The molecule has 0 aliphatic rings. The molecule has 2 aromatic rings. The number of carbonyl (C=O) groups excluding carboxylic acids is 1. The number of amides is 1. The van der Waals surface area contributed by atoms with Gasteiger partial charge in [-0.25, -0.2) is 4.98 Å². The van der Waals surface area contributed by atoms with E-state index in [4.69, 9.17) is 4.74 Å². The Kier molecular flexibility index (Phi) is 6.21. The molecule has 1 N–H and O–H groups in total. The Labute approximate surface area is 134 Å². The SMILES string of the molecule is CC(C)Oc1ncccc1NC(=O)CSCc1cccnc1. The van der Waals surface area contributed by atoms with Crippen molar-refractivity contribution in [2.45, 2.75) is 25.7 Å². The fraction of sp³-hybridized carbons (Fsp3) is 0.312. The monoisotopic (exact) mass is 317 g/mol. The second kappa shape index (κ2) is 8.38. The van der Waals surface area contributed by atoms with Crippen molar-refractivity contribution < 1.29 is 9.53 Å².